The van der Waals surface area contributed by atoms with Gasteiger partial charge in [-0.1, -0.05) is 5.92 Å². The van der Waals surface area contributed by atoms with E-state index in [-0.39, 0.29) is 0 Å². The lowest BCUT2D eigenvalue weighted by molar-refractivity contribution is 1.92. The highest BCUT2D eigenvalue weighted by Crippen LogP contribution is 1.68. The van der Waals surface area contributed by atoms with Crippen molar-refractivity contribution in [2.75, 3.05) is 0 Å². The predicted molar refractivity (Wildman–Crippen MR) is 419 cm³/mol. The fourth-order valence-electron chi connectivity index (χ4n) is 3.25. The maximum Gasteiger partial charge on any atom is 0 e. The van der Waals surface area contributed by atoms with Crippen molar-refractivity contribution in [1.82, 2.24) is 0 Å². The largest absolute Gasteiger partial charge is 0.106 e. The predicted octanol–water partition coefficient (Wildman–Crippen LogP) is 0.816. The Hall–Kier alpha value is -23.3. The first kappa shape index (κ1) is 83.7. The zero-order valence-corrected chi connectivity index (χ0v) is 54.1. The van der Waals surface area contributed by atoms with Gasteiger partial charge in [0.2, 0.25) is 0 Å². The molecule has 0 nitrogen and oxygen atoms in total. The van der Waals surface area contributed by atoms with E-state index >= 15 is 0 Å². The van der Waals surface area contributed by atoms with Crippen LogP contribution in [0, 0.1) is 628 Å². The first-order valence-electron chi connectivity index (χ1n) is 26.8. The molecule has 0 radical (unpaired) electrons. The van der Waals surface area contributed by atoms with Crippen molar-refractivity contribution in [3.63, 3.8) is 0 Å². The molecule has 0 atom stereocenters. The molecule has 0 spiro atoms. The van der Waals surface area contributed by atoms with Gasteiger partial charge in [0, 0.05) is 521 Å². The van der Waals surface area contributed by atoms with E-state index in [4.69, 9.17) is 6.42 Å². The van der Waals surface area contributed by atoms with Gasteiger partial charge < -0.3 is 0 Å². The van der Waals surface area contributed by atoms with Gasteiger partial charge >= 0.3 is 0 Å². The Morgan fingerprint density at radius 2 is 0.121 bits per heavy atom. The van der Waals surface area contributed by atoms with Crippen molar-refractivity contribution in [3.05, 3.63) is 0 Å². The molecule has 0 unspecified atom stereocenters. The maximum absolute atomic E-state index is 4.95. The summed E-state index contributed by atoms with van der Waals surface area (Å²) >= 11 is 0. The second-order valence-corrected chi connectivity index (χ2v) is 13.3. The average molecular weight is 1290 g/mol. The molecular weight excluding hydrogens is 1290 g/mol. The summed E-state index contributed by atoms with van der Waals surface area (Å²) in [6, 6.07) is 0. The molecular formula is C107H4. The average Bonchev–Trinajstić information content (AvgIpc) is 3.82. The zero-order valence-electron chi connectivity index (χ0n) is 54.1. The molecule has 432 valence electrons. The summed E-state index contributed by atoms with van der Waals surface area (Å²) in [5.41, 5.74) is 0. The Labute approximate surface area is 630 Å². The van der Waals surface area contributed by atoms with Crippen LogP contribution in [0.4, 0.5) is 0 Å². The van der Waals surface area contributed by atoms with Crippen LogP contribution in [0.25, 0.3) is 0 Å². The molecule has 0 bridgehead atoms. The van der Waals surface area contributed by atoms with Gasteiger partial charge in [0.1, 0.15) is 0 Å². The highest BCUT2D eigenvalue weighted by atomic mass is 13.7. The number of hydrogen-bond acceptors (Lipinski definition) is 0. The Balaban J connectivity index is 4.64. The molecule has 0 aromatic heterocycles. The molecule has 0 aliphatic heterocycles. The Morgan fingerprint density at radius 3 is 0.168 bits per heavy atom. The number of terminal acetylenes is 1. The minimum atomic E-state index is 1.68. The fourth-order valence-corrected chi connectivity index (χ4v) is 3.25. The van der Waals surface area contributed by atoms with Crippen molar-refractivity contribution >= 4 is 0 Å². The van der Waals surface area contributed by atoms with Crippen molar-refractivity contribution in [2.24, 2.45) is 0 Å². The van der Waals surface area contributed by atoms with E-state index < -0.39 is 0 Å². The van der Waals surface area contributed by atoms with Crippen LogP contribution in [0.15, 0.2) is 0 Å². The van der Waals surface area contributed by atoms with Gasteiger partial charge in [0.25, 0.3) is 0 Å². The first-order valence-corrected chi connectivity index (χ1v) is 26.8. The number of rotatable bonds is 0. The van der Waals surface area contributed by atoms with E-state index in [2.05, 4.69) is 622 Å². The standard InChI is InChI=1S/C107H4/c1-3-5-7-9-11-13-15-17-19-21-23-25-27-29-31-33-35-37-39-41-43-45-47-49-51-53-55-57-59-61-63-65-67-69-71-73-75-77-79-81-83-85-87-89-91-93-95-97-99-101-103-105-107-106-104-102-100-98-96-94-92-90-88-86-84-82-80-78-76-74-72-70-68-66-64-62-60-58-56-54-52-50-48-46-44-42-40-38-36-34-32-30-28-26-24-22-20-18-16-14-12-10-8-6-4-2/h1H,2H3. The van der Waals surface area contributed by atoms with Crippen LogP contribution in [-0.4, -0.2) is 0 Å². The van der Waals surface area contributed by atoms with Gasteiger partial charge in [-0.2, -0.15) is 0 Å². The smallest absolute Gasteiger partial charge is 0 e. The normalized spacial score (nSPS) is 3.96. The minimum Gasteiger partial charge on any atom is -0.106 e. The van der Waals surface area contributed by atoms with E-state index in [0.29, 0.717) is 0 Å². The summed E-state index contributed by atoms with van der Waals surface area (Å²) in [4.78, 5) is 0. The Morgan fingerprint density at radius 1 is 0.0748 bits per heavy atom. The maximum atomic E-state index is 4.95. The van der Waals surface area contributed by atoms with Gasteiger partial charge in [-0.15, -0.1) is 6.42 Å². The first-order chi connectivity index (χ1) is 53.4. The Bertz CT molecular complexity index is 7590. The van der Waals surface area contributed by atoms with Crippen LogP contribution in [0.5, 0.6) is 0 Å². The van der Waals surface area contributed by atoms with Crippen LogP contribution in [0.3, 0.4) is 0 Å². The SMILES string of the molecule is C#CC#CC#CC#CC#CC#CC#CC#CC#CC#CC#CC#CC#CC#CC#CC#CC#CC#CC#CC#CC#CC#CC#CC#CC#CC#CC#CC#CC#CC#CC#CC#CC#CC#CC#CC#CC#CC#CC#CC#CC#CC#CC#CC#CC#CC#CC#CC#CC#CC#CC#CC#CC#CC. The topological polar surface area (TPSA) is 0 Å². The summed E-state index contributed by atoms with van der Waals surface area (Å²) < 4.78 is 0. The third-order valence-electron chi connectivity index (χ3n) is 6.57. The third-order valence-corrected chi connectivity index (χ3v) is 6.57. The molecule has 0 saturated carbocycles. The third kappa shape index (κ3) is 82.7. The van der Waals surface area contributed by atoms with Gasteiger partial charge in [-0.25, -0.2) is 0 Å². The highest BCUT2D eigenvalue weighted by molar-refractivity contribution is 5.56. The zero-order chi connectivity index (χ0) is 76.2. The second-order valence-electron chi connectivity index (χ2n) is 13.3. The van der Waals surface area contributed by atoms with E-state index in [0.717, 1.165) is 0 Å². The molecule has 0 saturated heterocycles. The second kappa shape index (κ2) is 82.7. The molecule has 0 heterocycles. The van der Waals surface area contributed by atoms with Gasteiger partial charge in [-0.3, -0.25) is 0 Å². The van der Waals surface area contributed by atoms with Crippen LogP contribution >= 0.6 is 0 Å². The van der Waals surface area contributed by atoms with Crippen molar-refractivity contribution in [3.8, 4) is 628 Å². The molecule has 0 heteroatoms. The summed E-state index contributed by atoms with van der Waals surface area (Å²) in [7, 11) is 0. The van der Waals surface area contributed by atoms with Crippen molar-refractivity contribution < 1.29 is 0 Å². The molecule has 0 aliphatic carbocycles. The quantitative estimate of drug-likeness (QED) is 0.316. The summed E-state index contributed by atoms with van der Waals surface area (Å²) in [5, 5.41) is 0. The van der Waals surface area contributed by atoms with E-state index in [1.165, 1.54) is 0 Å². The van der Waals surface area contributed by atoms with Crippen LogP contribution in [-0.2, 0) is 0 Å². The summed E-state index contributed by atoms with van der Waals surface area (Å²) in [5.74, 6) is 262. The molecule has 107 heavy (non-hydrogen) atoms. The van der Waals surface area contributed by atoms with Gasteiger partial charge in [-0.05, 0) is 102 Å². The van der Waals surface area contributed by atoms with E-state index in [9.17, 15) is 0 Å². The molecule has 0 fully saturated rings. The van der Waals surface area contributed by atoms with Gasteiger partial charge in [0.15, 0.2) is 0 Å². The molecule has 0 aliphatic rings. The van der Waals surface area contributed by atoms with Crippen LogP contribution in [0.1, 0.15) is 6.92 Å². The van der Waals surface area contributed by atoms with Crippen LogP contribution < -0.4 is 0 Å². The fraction of sp³-hybridized carbons (Fsp3) is 0.00935. The lowest BCUT2D eigenvalue weighted by Crippen LogP contribution is -1.57. The lowest BCUT2D eigenvalue weighted by atomic mass is 10.4. The Kier molecular flexibility index (Phi) is 64.7. The van der Waals surface area contributed by atoms with E-state index in [1.807, 2.05) is 0 Å². The molecule has 0 amide bonds. The lowest BCUT2D eigenvalue weighted by Gasteiger charge is -1.58. The summed E-state index contributed by atoms with van der Waals surface area (Å²) in [6.45, 7) is 1.68. The molecule has 0 N–H and O–H groups in total. The van der Waals surface area contributed by atoms with E-state index in [1.54, 1.807) is 6.92 Å². The van der Waals surface area contributed by atoms with Gasteiger partial charge in [0.05, 0.1) is 0 Å². The molecule has 0 rings (SSSR count). The minimum absolute atomic E-state index is 1.68. The van der Waals surface area contributed by atoms with Crippen molar-refractivity contribution in [1.29, 1.82) is 0 Å². The molecule has 0 aromatic rings. The van der Waals surface area contributed by atoms with Crippen molar-refractivity contribution in [2.45, 2.75) is 6.92 Å². The number of hydrogen-bond donors (Lipinski definition) is 0. The molecule has 0 aromatic carbocycles. The highest BCUT2D eigenvalue weighted by Gasteiger charge is 1.68. The summed E-state index contributed by atoms with van der Waals surface area (Å²) in [6.07, 6.45) is 4.95. The van der Waals surface area contributed by atoms with Crippen LogP contribution in [0.2, 0.25) is 0 Å². The monoisotopic (exact) mass is 1290 g/mol.